The molecule has 2 aromatic heterocycles. The molecule has 0 atom stereocenters. The zero-order valence-electron chi connectivity index (χ0n) is 7.40. The van der Waals surface area contributed by atoms with E-state index in [4.69, 9.17) is 0 Å². The quantitative estimate of drug-likeness (QED) is 0.607. The second-order valence-corrected chi connectivity index (χ2v) is 3.50. The Hall–Kier alpha value is -1.38. The molecule has 3 rings (SSSR count). The molecule has 13 heavy (non-hydrogen) atoms. The molecule has 3 heterocycles. The van der Waals surface area contributed by atoms with Crippen LogP contribution in [0.1, 0.15) is 18.7 Å². The van der Waals surface area contributed by atoms with Crippen molar-refractivity contribution in [1.29, 1.82) is 0 Å². The van der Waals surface area contributed by atoms with E-state index in [1.54, 1.807) is 6.20 Å². The fraction of sp³-hybridized carbons (Fsp3) is 0.400. The minimum Gasteiger partial charge on any atom is -0.327 e. The van der Waals surface area contributed by atoms with Crippen LogP contribution in [0.25, 0.3) is 11.0 Å². The van der Waals surface area contributed by atoms with Crippen molar-refractivity contribution in [2.24, 2.45) is 0 Å². The molecule has 0 spiro atoms. The molecule has 3 heteroatoms. The Bertz CT molecular complexity index is 444. The molecule has 0 fully saturated rings. The molecule has 0 saturated carbocycles. The average Bonchev–Trinajstić information content (AvgIpc) is 2.56. The lowest BCUT2D eigenvalue weighted by Gasteiger charge is -2.13. The van der Waals surface area contributed by atoms with E-state index >= 15 is 0 Å². The molecule has 0 saturated heterocycles. The Balaban J connectivity index is 2.34. The van der Waals surface area contributed by atoms with E-state index in [0.29, 0.717) is 0 Å². The van der Waals surface area contributed by atoms with Gasteiger partial charge in [-0.05, 0) is 18.9 Å². The van der Waals surface area contributed by atoms with Crippen LogP contribution in [0.4, 0.5) is 0 Å². The highest BCUT2D eigenvalue weighted by molar-refractivity contribution is 5.74. The normalized spacial score (nSPS) is 16.0. The predicted octanol–water partition coefficient (Wildman–Crippen LogP) is 1.77. The van der Waals surface area contributed by atoms with Crippen LogP contribution in [-0.2, 0) is 13.0 Å². The molecule has 0 radical (unpaired) electrons. The van der Waals surface area contributed by atoms with Crippen molar-refractivity contribution in [2.45, 2.75) is 25.8 Å². The maximum atomic E-state index is 4.58. The molecule has 0 aliphatic carbocycles. The largest absolute Gasteiger partial charge is 0.327 e. The van der Waals surface area contributed by atoms with Gasteiger partial charge in [-0.1, -0.05) is 0 Å². The van der Waals surface area contributed by atoms with Gasteiger partial charge in [-0.3, -0.25) is 4.98 Å². The summed E-state index contributed by atoms with van der Waals surface area (Å²) in [5, 5.41) is 0. The van der Waals surface area contributed by atoms with E-state index in [9.17, 15) is 0 Å². The van der Waals surface area contributed by atoms with Gasteiger partial charge in [-0.15, -0.1) is 0 Å². The van der Waals surface area contributed by atoms with E-state index in [0.717, 1.165) is 18.5 Å². The summed E-state index contributed by atoms with van der Waals surface area (Å²) in [5.74, 6) is 1.23. The number of fused-ring (bicyclic) bond motifs is 3. The molecule has 1 aliphatic rings. The third-order valence-electron chi connectivity index (χ3n) is 2.66. The van der Waals surface area contributed by atoms with Crippen molar-refractivity contribution in [3.63, 3.8) is 0 Å². The number of pyridine rings is 1. The Kier molecular flexibility index (Phi) is 1.39. The number of aryl methyl sites for hydroxylation is 2. The third kappa shape index (κ3) is 0.963. The van der Waals surface area contributed by atoms with Crippen molar-refractivity contribution in [2.75, 3.05) is 0 Å². The first kappa shape index (κ1) is 7.06. The summed E-state index contributed by atoms with van der Waals surface area (Å²) in [6.07, 6.45) is 7.39. The van der Waals surface area contributed by atoms with Gasteiger partial charge in [-0.2, -0.15) is 0 Å². The predicted molar refractivity (Wildman–Crippen MR) is 50.5 cm³/mol. The number of hydrogen-bond donors (Lipinski definition) is 0. The summed E-state index contributed by atoms with van der Waals surface area (Å²) in [4.78, 5) is 8.71. The van der Waals surface area contributed by atoms with E-state index in [2.05, 4.69) is 14.5 Å². The summed E-state index contributed by atoms with van der Waals surface area (Å²) in [7, 11) is 0. The number of imidazole rings is 1. The van der Waals surface area contributed by atoms with Crippen LogP contribution in [0.3, 0.4) is 0 Å². The molecule has 0 unspecified atom stereocenters. The van der Waals surface area contributed by atoms with Gasteiger partial charge >= 0.3 is 0 Å². The van der Waals surface area contributed by atoms with Crippen molar-refractivity contribution in [3.8, 4) is 0 Å². The topological polar surface area (TPSA) is 30.7 Å². The van der Waals surface area contributed by atoms with E-state index < -0.39 is 0 Å². The van der Waals surface area contributed by atoms with Gasteiger partial charge in [-0.25, -0.2) is 4.98 Å². The lowest BCUT2D eigenvalue weighted by Crippen LogP contribution is -2.09. The van der Waals surface area contributed by atoms with Crippen LogP contribution in [-0.4, -0.2) is 14.5 Å². The molecule has 0 N–H and O–H groups in total. The van der Waals surface area contributed by atoms with E-state index in [1.165, 1.54) is 24.2 Å². The zero-order chi connectivity index (χ0) is 8.67. The smallest absolute Gasteiger partial charge is 0.109 e. The van der Waals surface area contributed by atoms with Crippen LogP contribution in [0.15, 0.2) is 18.5 Å². The first-order valence-electron chi connectivity index (χ1n) is 4.74. The minimum absolute atomic E-state index is 1.09. The highest BCUT2D eigenvalue weighted by Gasteiger charge is 2.13. The fourth-order valence-corrected chi connectivity index (χ4v) is 2.01. The second kappa shape index (κ2) is 2.55. The maximum absolute atomic E-state index is 4.58. The molecule has 66 valence electrons. The molecule has 3 nitrogen and oxygen atoms in total. The molecule has 2 aromatic rings. The standard InChI is InChI=1S/C10H11N3/c1-2-6-13-9-7-11-5-4-8(9)12-10(13)3-1/h4-5,7H,1-3,6H2. The van der Waals surface area contributed by atoms with Crippen molar-refractivity contribution >= 4 is 11.0 Å². The number of aromatic nitrogens is 3. The van der Waals surface area contributed by atoms with E-state index in [1.807, 2.05) is 12.3 Å². The maximum Gasteiger partial charge on any atom is 0.109 e. The minimum atomic E-state index is 1.09. The summed E-state index contributed by atoms with van der Waals surface area (Å²) in [6, 6.07) is 1.99. The molecular formula is C10H11N3. The fourth-order valence-electron chi connectivity index (χ4n) is 2.01. The van der Waals surface area contributed by atoms with Gasteiger partial charge in [0.15, 0.2) is 0 Å². The Morgan fingerprint density at radius 1 is 1.31 bits per heavy atom. The first-order valence-corrected chi connectivity index (χ1v) is 4.74. The van der Waals surface area contributed by atoms with E-state index in [-0.39, 0.29) is 0 Å². The van der Waals surface area contributed by atoms with Crippen molar-refractivity contribution in [3.05, 3.63) is 24.3 Å². The number of rotatable bonds is 0. The molecular weight excluding hydrogens is 162 g/mol. The lowest BCUT2D eigenvalue weighted by atomic mass is 10.2. The van der Waals surface area contributed by atoms with Gasteiger partial charge in [0.05, 0.1) is 17.2 Å². The molecule has 0 amide bonds. The average molecular weight is 173 g/mol. The van der Waals surface area contributed by atoms with Crippen LogP contribution in [0.5, 0.6) is 0 Å². The summed E-state index contributed by atoms with van der Waals surface area (Å²) >= 11 is 0. The summed E-state index contributed by atoms with van der Waals surface area (Å²) in [5.41, 5.74) is 2.28. The second-order valence-electron chi connectivity index (χ2n) is 3.50. The molecule has 0 bridgehead atoms. The lowest BCUT2D eigenvalue weighted by molar-refractivity contribution is 0.532. The van der Waals surface area contributed by atoms with Crippen LogP contribution in [0, 0.1) is 0 Å². The Morgan fingerprint density at radius 3 is 3.31 bits per heavy atom. The monoisotopic (exact) mass is 173 g/mol. The number of nitrogens with zero attached hydrogens (tertiary/aromatic N) is 3. The van der Waals surface area contributed by atoms with Gasteiger partial charge in [0.1, 0.15) is 5.82 Å². The number of hydrogen-bond acceptors (Lipinski definition) is 2. The Morgan fingerprint density at radius 2 is 2.31 bits per heavy atom. The van der Waals surface area contributed by atoms with Gasteiger partial charge in [0, 0.05) is 19.2 Å². The highest BCUT2D eigenvalue weighted by Crippen LogP contribution is 2.20. The van der Waals surface area contributed by atoms with Gasteiger partial charge < -0.3 is 4.57 Å². The SMILES string of the molecule is c1cc2nc3n(c2cn1)CCCC3. The summed E-state index contributed by atoms with van der Waals surface area (Å²) in [6.45, 7) is 1.11. The third-order valence-corrected chi connectivity index (χ3v) is 2.66. The Labute approximate surface area is 76.4 Å². The van der Waals surface area contributed by atoms with Crippen LogP contribution in [0.2, 0.25) is 0 Å². The zero-order valence-corrected chi connectivity index (χ0v) is 7.40. The highest BCUT2D eigenvalue weighted by atomic mass is 15.1. The van der Waals surface area contributed by atoms with Crippen molar-refractivity contribution < 1.29 is 0 Å². The van der Waals surface area contributed by atoms with Crippen LogP contribution < -0.4 is 0 Å². The molecule has 0 aromatic carbocycles. The van der Waals surface area contributed by atoms with Gasteiger partial charge in [0.2, 0.25) is 0 Å². The van der Waals surface area contributed by atoms with Crippen LogP contribution >= 0.6 is 0 Å². The summed E-state index contributed by atoms with van der Waals surface area (Å²) < 4.78 is 2.30. The molecule has 1 aliphatic heterocycles. The first-order chi connectivity index (χ1) is 6.45. The van der Waals surface area contributed by atoms with Crippen molar-refractivity contribution in [1.82, 2.24) is 14.5 Å². The van der Waals surface area contributed by atoms with Gasteiger partial charge in [0.25, 0.3) is 0 Å².